The van der Waals surface area contributed by atoms with Gasteiger partial charge in [0.1, 0.15) is 0 Å². The zero-order valence-corrected chi connectivity index (χ0v) is 6.74. The summed E-state index contributed by atoms with van der Waals surface area (Å²) in [6.45, 7) is 2.07. The summed E-state index contributed by atoms with van der Waals surface area (Å²) in [4.78, 5) is 0. The van der Waals surface area contributed by atoms with Crippen LogP contribution in [0.4, 0.5) is 0 Å². The molecule has 0 aromatic heterocycles. The fourth-order valence-corrected chi connectivity index (χ4v) is 0.790. The number of alkyl halides is 1. The number of hydrogen-bond acceptors (Lipinski definition) is 0. The molecule has 0 heterocycles. The van der Waals surface area contributed by atoms with Gasteiger partial charge >= 0.3 is 0 Å². The summed E-state index contributed by atoms with van der Waals surface area (Å²) < 4.78 is 0. The molecule has 1 unspecified atom stereocenters. The molecule has 0 aromatic carbocycles. The first-order chi connectivity index (χ1) is 3.81. The van der Waals surface area contributed by atoms with Crippen LogP contribution in [-0.2, 0) is 0 Å². The molecule has 0 N–H and O–H groups in total. The Hall–Kier alpha value is 0.0400. The van der Waals surface area contributed by atoms with Crippen molar-refractivity contribution in [2.75, 3.05) is 5.33 Å². The summed E-state index contributed by atoms with van der Waals surface area (Å²) in [5.41, 5.74) is 0. The monoisotopic (exact) mass is 174 g/mol. The van der Waals surface area contributed by atoms with Crippen LogP contribution in [0, 0.1) is 18.3 Å². The molecule has 0 amide bonds. The molecule has 0 saturated carbocycles. The summed E-state index contributed by atoms with van der Waals surface area (Å²) in [6.07, 6.45) is 7.47. The van der Waals surface area contributed by atoms with Crippen LogP contribution in [-0.4, -0.2) is 5.33 Å². The van der Waals surface area contributed by atoms with Crippen LogP contribution >= 0.6 is 15.9 Å². The first kappa shape index (κ1) is 8.04. The topological polar surface area (TPSA) is 0 Å². The van der Waals surface area contributed by atoms with E-state index in [2.05, 4.69) is 28.8 Å². The molecular formula is C7H11Br. The van der Waals surface area contributed by atoms with Gasteiger partial charge in [-0.1, -0.05) is 22.9 Å². The third kappa shape index (κ3) is 4.21. The molecular weight excluding hydrogens is 164 g/mol. The maximum Gasteiger partial charge on any atom is 0.0172 e. The summed E-state index contributed by atoms with van der Waals surface area (Å²) in [6, 6.07) is 0. The van der Waals surface area contributed by atoms with E-state index < -0.39 is 0 Å². The van der Waals surface area contributed by atoms with E-state index in [-0.39, 0.29) is 0 Å². The number of terminal acetylenes is 1. The maximum absolute atomic E-state index is 5.15. The van der Waals surface area contributed by atoms with Crippen LogP contribution in [0.1, 0.15) is 19.8 Å². The lowest BCUT2D eigenvalue weighted by molar-refractivity contribution is 0.660. The third-order valence-corrected chi connectivity index (χ3v) is 1.62. The molecule has 0 spiro atoms. The van der Waals surface area contributed by atoms with Crippen molar-refractivity contribution in [3.63, 3.8) is 0 Å². The number of halogens is 1. The average Bonchev–Trinajstić information content (AvgIpc) is 1.83. The molecule has 0 aromatic rings. The molecule has 1 atom stereocenters. The molecule has 0 aliphatic rings. The molecule has 0 aliphatic carbocycles. The van der Waals surface area contributed by atoms with E-state index in [0.717, 1.165) is 11.8 Å². The van der Waals surface area contributed by atoms with Gasteiger partial charge in [-0.15, -0.1) is 12.3 Å². The molecule has 8 heavy (non-hydrogen) atoms. The average molecular weight is 175 g/mol. The molecule has 0 nitrogen and oxygen atoms in total. The summed E-state index contributed by atoms with van der Waals surface area (Å²) >= 11 is 3.34. The van der Waals surface area contributed by atoms with Crippen molar-refractivity contribution in [3.8, 4) is 12.3 Å². The van der Waals surface area contributed by atoms with Gasteiger partial charge in [0.05, 0.1) is 0 Å². The van der Waals surface area contributed by atoms with Crippen LogP contribution in [0.25, 0.3) is 0 Å². The second-order valence-electron chi connectivity index (χ2n) is 1.90. The third-order valence-electron chi connectivity index (χ3n) is 1.06. The van der Waals surface area contributed by atoms with Gasteiger partial charge in [-0.2, -0.15) is 0 Å². The summed E-state index contributed by atoms with van der Waals surface area (Å²) in [7, 11) is 0. The second-order valence-corrected chi connectivity index (χ2v) is 2.69. The first-order valence-electron chi connectivity index (χ1n) is 2.83. The first-order valence-corrected chi connectivity index (χ1v) is 3.95. The number of rotatable bonds is 3. The van der Waals surface area contributed by atoms with Gasteiger partial charge in [0.2, 0.25) is 0 Å². The number of hydrogen-bond donors (Lipinski definition) is 0. The minimum Gasteiger partial charge on any atom is -0.120 e. The Kier molecular flexibility index (Phi) is 5.21. The highest BCUT2D eigenvalue weighted by Crippen LogP contribution is 2.04. The van der Waals surface area contributed by atoms with Crippen LogP contribution < -0.4 is 0 Å². The largest absolute Gasteiger partial charge is 0.120 e. The van der Waals surface area contributed by atoms with Crippen molar-refractivity contribution in [3.05, 3.63) is 0 Å². The van der Waals surface area contributed by atoms with E-state index in [1.165, 1.54) is 6.42 Å². The minimum absolute atomic E-state index is 0.451. The second kappa shape index (κ2) is 5.18. The Balaban J connectivity index is 3.02. The Morgan fingerprint density at radius 2 is 2.38 bits per heavy atom. The smallest absolute Gasteiger partial charge is 0.0172 e. The Labute approximate surface area is 59.8 Å². The van der Waals surface area contributed by atoms with E-state index in [9.17, 15) is 0 Å². The predicted molar refractivity (Wildman–Crippen MR) is 41.0 cm³/mol. The molecule has 46 valence electrons. The highest BCUT2D eigenvalue weighted by Gasteiger charge is 1.92. The van der Waals surface area contributed by atoms with Crippen LogP contribution in [0.2, 0.25) is 0 Å². The summed E-state index contributed by atoms with van der Waals surface area (Å²) in [5, 5.41) is 1.07. The van der Waals surface area contributed by atoms with Gasteiger partial charge in [0.15, 0.2) is 0 Å². The van der Waals surface area contributed by atoms with Gasteiger partial charge in [-0.3, -0.25) is 0 Å². The SMILES string of the molecule is C#CC(C)CCCBr. The highest BCUT2D eigenvalue weighted by atomic mass is 79.9. The van der Waals surface area contributed by atoms with E-state index in [1.54, 1.807) is 0 Å². The van der Waals surface area contributed by atoms with Crippen LogP contribution in [0.3, 0.4) is 0 Å². The Morgan fingerprint density at radius 1 is 1.75 bits per heavy atom. The molecule has 0 fully saturated rings. The zero-order chi connectivity index (χ0) is 6.41. The van der Waals surface area contributed by atoms with Crippen LogP contribution in [0.15, 0.2) is 0 Å². The van der Waals surface area contributed by atoms with Crippen molar-refractivity contribution >= 4 is 15.9 Å². The molecule has 0 saturated heterocycles. The zero-order valence-electron chi connectivity index (χ0n) is 5.15. The molecule has 0 radical (unpaired) electrons. The molecule has 0 aliphatic heterocycles. The quantitative estimate of drug-likeness (QED) is 0.456. The van der Waals surface area contributed by atoms with E-state index in [0.29, 0.717) is 5.92 Å². The van der Waals surface area contributed by atoms with Gasteiger partial charge in [-0.05, 0) is 12.8 Å². The van der Waals surface area contributed by atoms with Crippen molar-refractivity contribution in [1.29, 1.82) is 0 Å². The van der Waals surface area contributed by atoms with Gasteiger partial charge in [-0.25, -0.2) is 0 Å². The maximum atomic E-state index is 5.15. The predicted octanol–water partition coefficient (Wildman–Crippen LogP) is 2.43. The Morgan fingerprint density at radius 3 is 2.75 bits per heavy atom. The molecule has 1 heteroatoms. The molecule has 0 rings (SSSR count). The normalized spacial score (nSPS) is 12.6. The summed E-state index contributed by atoms with van der Waals surface area (Å²) in [5.74, 6) is 3.13. The van der Waals surface area contributed by atoms with Gasteiger partial charge < -0.3 is 0 Å². The Bertz CT molecular complexity index is 80.9. The minimum atomic E-state index is 0.451. The van der Waals surface area contributed by atoms with Crippen molar-refractivity contribution < 1.29 is 0 Å². The van der Waals surface area contributed by atoms with E-state index in [4.69, 9.17) is 6.42 Å². The lowest BCUT2D eigenvalue weighted by Crippen LogP contribution is -1.88. The molecule has 0 bridgehead atoms. The van der Waals surface area contributed by atoms with E-state index >= 15 is 0 Å². The van der Waals surface area contributed by atoms with Crippen molar-refractivity contribution in [1.82, 2.24) is 0 Å². The fourth-order valence-electron chi connectivity index (χ4n) is 0.467. The fraction of sp³-hybridized carbons (Fsp3) is 0.714. The van der Waals surface area contributed by atoms with Crippen LogP contribution in [0.5, 0.6) is 0 Å². The van der Waals surface area contributed by atoms with Crippen molar-refractivity contribution in [2.45, 2.75) is 19.8 Å². The highest BCUT2D eigenvalue weighted by molar-refractivity contribution is 9.09. The lowest BCUT2D eigenvalue weighted by atomic mass is 10.1. The standard InChI is InChI=1S/C7H11Br/c1-3-7(2)5-4-6-8/h1,7H,4-6H2,2H3. The van der Waals surface area contributed by atoms with E-state index in [1.807, 2.05) is 0 Å². The van der Waals surface area contributed by atoms with Crippen molar-refractivity contribution in [2.24, 2.45) is 5.92 Å². The van der Waals surface area contributed by atoms with Gasteiger partial charge in [0, 0.05) is 11.2 Å². The lowest BCUT2D eigenvalue weighted by Gasteiger charge is -1.97. The van der Waals surface area contributed by atoms with Gasteiger partial charge in [0.25, 0.3) is 0 Å².